The molecule has 0 aliphatic rings. The predicted octanol–water partition coefficient (Wildman–Crippen LogP) is 2.27. The van der Waals surface area contributed by atoms with Crippen LogP contribution in [0.2, 0.25) is 0 Å². The highest BCUT2D eigenvalue weighted by Gasteiger charge is 2.06. The van der Waals surface area contributed by atoms with E-state index in [1.165, 1.54) is 12.5 Å². The summed E-state index contributed by atoms with van der Waals surface area (Å²) < 4.78 is 1.74. The van der Waals surface area contributed by atoms with Crippen LogP contribution in [-0.4, -0.2) is 20.6 Å². The van der Waals surface area contributed by atoms with Crippen LogP contribution in [0.5, 0.6) is 0 Å². The van der Waals surface area contributed by atoms with Crippen molar-refractivity contribution in [1.29, 1.82) is 0 Å². The molecule has 0 bridgehead atoms. The molecule has 0 amide bonds. The molecule has 0 aliphatic heterocycles. The van der Waals surface area contributed by atoms with Crippen molar-refractivity contribution in [1.82, 2.24) is 9.55 Å². The van der Waals surface area contributed by atoms with Crippen LogP contribution in [0.3, 0.4) is 0 Å². The molecule has 1 aromatic heterocycles. The van der Waals surface area contributed by atoms with E-state index in [2.05, 4.69) is 11.6 Å². The Balaban J connectivity index is 2.13. The van der Waals surface area contributed by atoms with E-state index in [4.69, 9.17) is 5.11 Å². The molecule has 0 spiro atoms. The first-order valence-corrected chi connectivity index (χ1v) is 5.15. The Morgan fingerprint density at radius 3 is 2.65 bits per heavy atom. The van der Waals surface area contributed by atoms with Gasteiger partial charge in [-0.2, -0.15) is 0 Å². The van der Waals surface area contributed by atoms with Crippen LogP contribution in [0.1, 0.15) is 21.6 Å². The Labute approximate surface area is 98.9 Å². The van der Waals surface area contributed by atoms with E-state index in [-0.39, 0.29) is 5.69 Å². The SMILES string of the molecule is C=Cc1ccc(Cn2cnc(C(=O)O)c2)cc1. The number of imidazole rings is 1. The summed E-state index contributed by atoms with van der Waals surface area (Å²) in [6.07, 6.45) is 4.82. The van der Waals surface area contributed by atoms with Crippen LogP contribution in [0.25, 0.3) is 6.08 Å². The largest absolute Gasteiger partial charge is 0.476 e. The van der Waals surface area contributed by atoms with Gasteiger partial charge in [-0.05, 0) is 11.1 Å². The Bertz CT molecular complexity index is 541. The highest BCUT2D eigenvalue weighted by molar-refractivity contribution is 5.84. The van der Waals surface area contributed by atoms with Crippen LogP contribution in [0.15, 0.2) is 43.4 Å². The molecular formula is C13H12N2O2. The molecule has 17 heavy (non-hydrogen) atoms. The van der Waals surface area contributed by atoms with Gasteiger partial charge in [0.1, 0.15) is 0 Å². The fourth-order valence-corrected chi connectivity index (χ4v) is 1.53. The average Bonchev–Trinajstić information content (AvgIpc) is 2.79. The predicted molar refractivity (Wildman–Crippen MR) is 64.8 cm³/mol. The second-order valence-corrected chi connectivity index (χ2v) is 3.68. The number of hydrogen-bond acceptors (Lipinski definition) is 2. The molecule has 4 heteroatoms. The molecule has 0 aliphatic carbocycles. The zero-order chi connectivity index (χ0) is 12.3. The Morgan fingerprint density at radius 1 is 1.41 bits per heavy atom. The second kappa shape index (κ2) is 4.65. The molecule has 86 valence electrons. The van der Waals surface area contributed by atoms with E-state index >= 15 is 0 Å². The molecule has 0 unspecified atom stereocenters. The van der Waals surface area contributed by atoms with E-state index in [9.17, 15) is 4.79 Å². The van der Waals surface area contributed by atoms with Crippen molar-refractivity contribution < 1.29 is 9.90 Å². The van der Waals surface area contributed by atoms with Gasteiger partial charge in [-0.3, -0.25) is 0 Å². The minimum atomic E-state index is -1.01. The van der Waals surface area contributed by atoms with E-state index in [1.54, 1.807) is 10.6 Å². The normalized spacial score (nSPS) is 10.1. The van der Waals surface area contributed by atoms with Gasteiger partial charge >= 0.3 is 5.97 Å². The Morgan fingerprint density at radius 2 is 2.12 bits per heavy atom. The molecule has 1 N–H and O–H groups in total. The molecule has 1 heterocycles. The van der Waals surface area contributed by atoms with Crippen molar-refractivity contribution in [2.45, 2.75) is 6.54 Å². The van der Waals surface area contributed by atoms with Gasteiger partial charge in [0.15, 0.2) is 5.69 Å². The summed E-state index contributed by atoms with van der Waals surface area (Å²) in [7, 11) is 0. The van der Waals surface area contributed by atoms with Crippen LogP contribution in [0, 0.1) is 0 Å². The van der Waals surface area contributed by atoms with Gasteiger partial charge in [0.05, 0.1) is 6.33 Å². The third-order valence-electron chi connectivity index (χ3n) is 2.43. The number of carbonyl (C=O) groups is 1. The van der Waals surface area contributed by atoms with Crippen molar-refractivity contribution in [2.24, 2.45) is 0 Å². The van der Waals surface area contributed by atoms with Gasteiger partial charge in [-0.15, -0.1) is 0 Å². The number of nitrogens with zero attached hydrogens (tertiary/aromatic N) is 2. The maximum atomic E-state index is 10.7. The van der Waals surface area contributed by atoms with Crippen LogP contribution in [0.4, 0.5) is 0 Å². The number of aromatic nitrogens is 2. The minimum absolute atomic E-state index is 0.0627. The number of benzene rings is 1. The summed E-state index contributed by atoms with van der Waals surface area (Å²) in [4.78, 5) is 14.5. The van der Waals surface area contributed by atoms with Crippen LogP contribution >= 0.6 is 0 Å². The summed E-state index contributed by atoms with van der Waals surface area (Å²) >= 11 is 0. The van der Waals surface area contributed by atoms with Crippen molar-refractivity contribution >= 4 is 12.0 Å². The third kappa shape index (κ3) is 2.60. The molecular weight excluding hydrogens is 216 g/mol. The summed E-state index contributed by atoms with van der Waals surface area (Å²) in [6, 6.07) is 7.91. The third-order valence-corrected chi connectivity index (χ3v) is 2.43. The summed E-state index contributed by atoms with van der Waals surface area (Å²) in [6.45, 7) is 4.30. The zero-order valence-electron chi connectivity index (χ0n) is 9.21. The topological polar surface area (TPSA) is 55.1 Å². The maximum Gasteiger partial charge on any atom is 0.356 e. The molecule has 0 radical (unpaired) electrons. The lowest BCUT2D eigenvalue weighted by atomic mass is 10.1. The summed E-state index contributed by atoms with van der Waals surface area (Å²) in [5.74, 6) is -1.01. The first kappa shape index (κ1) is 11.1. The number of carboxylic acids is 1. The van der Waals surface area contributed by atoms with E-state index in [0.29, 0.717) is 6.54 Å². The molecule has 2 rings (SSSR count). The van der Waals surface area contributed by atoms with Crippen molar-refractivity contribution in [3.8, 4) is 0 Å². The standard InChI is InChI=1S/C13H12N2O2/c1-2-10-3-5-11(6-4-10)7-15-8-12(13(16)17)14-9-15/h2-6,8-9H,1,7H2,(H,16,17). The smallest absolute Gasteiger partial charge is 0.356 e. The highest BCUT2D eigenvalue weighted by atomic mass is 16.4. The van der Waals surface area contributed by atoms with Gasteiger partial charge in [-0.1, -0.05) is 36.9 Å². The maximum absolute atomic E-state index is 10.7. The van der Waals surface area contributed by atoms with Gasteiger partial charge in [0.2, 0.25) is 0 Å². The first-order valence-electron chi connectivity index (χ1n) is 5.15. The van der Waals surface area contributed by atoms with E-state index < -0.39 is 5.97 Å². The van der Waals surface area contributed by atoms with E-state index in [1.807, 2.05) is 24.3 Å². The molecule has 4 nitrogen and oxygen atoms in total. The quantitative estimate of drug-likeness (QED) is 0.873. The van der Waals surface area contributed by atoms with E-state index in [0.717, 1.165) is 11.1 Å². The lowest BCUT2D eigenvalue weighted by Crippen LogP contribution is -1.98. The summed E-state index contributed by atoms with van der Waals surface area (Å²) in [5.41, 5.74) is 2.21. The van der Waals surface area contributed by atoms with Gasteiger partial charge in [-0.25, -0.2) is 9.78 Å². The number of aromatic carboxylic acids is 1. The van der Waals surface area contributed by atoms with Crippen molar-refractivity contribution in [3.63, 3.8) is 0 Å². The van der Waals surface area contributed by atoms with Crippen LogP contribution in [-0.2, 0) is 6.54 Å². The number of carboxylic acid groups (broad SMARTS) is 1. The van der Waals surface area contributed by atoms with Gasteiger partial charge in [0.25, 0.3) is 0 Å². The fourth-order valence-electron chi connectivity index (χ4n) is 1.53. The fraction of sp³-hybridized carbons (Fsp3) is 0.0769. The van der Waals surface area contributed by atoms with Gasteiger partial charge in [0, 0.05) is 12.7 Å². The summed E-state index contributed by atoms with van der Waals surface area (Å²) in [5, 5.41) is 8.75. The second-order valence-electron chi connectivity index (χ2n) is 3.68. The van der Waals surface area contributed by atoms with Crippen molar-refractivity contribution in [2.75, 3.05) is 0 Å². The molecule has 2 aromatic rings. The lowest BCUT2D eigenvalue weighted by Gasteiger charge is -2.02. The minimum Gasteiger partial charge on any atom is -0.476 e. The first-order chi connectivity index (χ1) is 8.19. The molecule has 0 atom stereocenters. The Kier molecular flexibility index (Phi) is 3.05. The number of rotatable bonds is 4. The number of hydrogen-bond donors (Lipinski definition) is 1. The Hall–Kier alpha value is -2.36. The molecule has 0 saturated carbocycles. The highest BCUT2D eigenvalue weighted by Crippen LogP contribution is 2.08. The molecule has 0 saturated heterocycles. The monoisotopic (exact) mass is 228 g/mol. The molecule has 0 fully saturated rings. The van der Waals surface area contributed by atoms with Gasteiger partial charge < -0.3 is 9.67 Å². The lowest BCUT2D eigenvalue weighted by molar-refractivity contribution is 0.0691. The van der Waals surface area contributed by atoms with Crippen LogP contribution < -0.4 is 0 Å². The average molecular weight is 228 g/mol. The molecule has 1 aromatic carbocycles. The van der Waals surface area contributed by atoms with Crippen molar-refractivity contribution in [3.05, 3.63) is 60.2 Å². The zero-order valence-corrected chi connectivity index (χ0v) is 9.21.